The molecule has 1 aromatic carbocycles. The number of carbonyl (C=O) groups excluding carboxylic acids is 2. The highest BCUT2D eigenvalue weighted by Crippen LogP contribution is 2.29. The van der Waals surface area contributed by atoms with E-state index >= 15 is 0 Å². The van der Waals surface area contributed by atoms with E-state index in [0.717, 1.165) is 24.3 Å². The zero-order valence-electron chi connectivity index (χ0n) is 12.7. The predicted octanol–water partition coefficient (Wildman–Crippen LogP) is 1.21. The van der Waals surface area contributed by atoms with E-state index in [1.54, 1.807) is 4.90 Å². The maximum atomic E-state index is 12.5. The van der Waals surface area contributed by atoms with E-state index in [-0.39, 0.29) is 18.0 Å². The van der Waals surface area contributed by atoms with Crippen molar-refractivity contribution < 1.29 is 22.8 Å². The van der Waals surface area contributed by atoms with Gasteiger partial charge in [-0.1, -0.05) is 0 Å². The smallest absolute Gasteiger partial charge is 0.339 e. The predicted molar refractivity (Wildman–Crippen MR) is 77.9 cm³/mol. The molecule has 1 aromatic rings. The Kier molecular flexibility index (Phi) is 5.25. The maximum Gasteiger partial charge on any atom is 0.416 e. The first-order chi connectivity index (χ1) is 10.8. The van der Waals surface area contributed by atoms with Crippen molar-refractivity contribution in [1.29, 1.82) is 0 Å². The number of halogens is 3. The first kappa shape index (κ1) is 17.3. The monoisotopic (exact) mass is 329 g/mol. The lowest BCUT2D eigenvalue weighted by atomic mass is 10.1. The summed E-state index contributed by atoms with van der Waals surface area (Å²) in [6.45, 7) is 2.49. The highest BCUT2D eigenvalue weighted by molar-refractivity contribution is 5.96. The fourth-order valence-electron chi connectivity index (χ4n) is 2.31. The van der Waals surface area contributed by atoms with Gasteiger partial charge in [-0.2, -0.15) is 13.2 Å². The highest BCUT2D eigenvalue weighted by atomic mass is 19.4. The molecule has 0 aromatic heterocycles. The highest BCUT2D eigenvalue weighted by Gasteiger charge is 2.30. The van der Waals surface area contributed by atoms with Gasteiger partial charge in [0.25, 0.3) is 5.91 Å². The summed E-state index contributed by atoms with van der Waals surface area (Å²) in [4.78, 5) is 27.1. The molecule has 0 radical (unpaired) electrons. The first-order valence-corrected chi connectivity index (χ1v) is 7.20. The molecule has 0 unspecified atom stereocenters. The lowest BCUT2D eigenvalue weighted by Gasteiger charge is -2.29. The molecule has 2 amide bonds. The fourth-order valence-corrected chi connectivity index (χ4v) is 2.31. The van der Waals surface area contributed by atoms with Gasteiger partial charge in [-0.15, -0.1) is 0 Å². The normalized spacial score (nSPS) is 15.4. The SMILES string of the molecule is CN(CC(=O)N1CCNCC1)C(=O)c1ccc(C(F)(F)F)cc1. The van der Waals surface area contributed by atoms with Crippen LogP contribution in [0, 0.1) is 0 Å². The van der Waals surface area contributed by atoms with Crippen LogP contribution in [0.5, 0.6) is 0 Å². The van der Waals surface area contributed by atoms with Crippen molar-refractivity contribution >= 4 is 11.8 Å². The van der Waals surface area contributed by atoms with Crippen LogP contribution in [0.3, 0.4) is 0 Å². The molecular weight excluding hydrogens is 311 g/mol. The van der Waals surface area contributed by atoms with Crippen molar-refractivity contribution in [2.75, 3.05) is 39.8 Å². The van der Waals surface area contributed by atoms with Gasteiger partial charge in [0.05, 0.1) is 12.1 Å². The first-order valence-electron chi connectivity index (χ1n) is 7.20. The molecule has 0 saturated carbocycles. The number of alkyl halides is 3. The van der Waals surface area contributed by atoms with E-state index < -0.39 is 17.6 Å². The third-order valence-electron chi connectivity index (χ3n) is 3.65. The van der Waals surface area contributed by atoms with E-state index in [2.05, 4.69) is 5.32 Å². The number of likely N-dealkylation sites (N-methyl/N-ethyl adjacent to an activating group) is 1. The molecule has 1 N–H and O–H groups in total. The molecule has 23 heavy (non-hydrogen) atoms. The molecule has 126 valence electrons. The maximum absolute atomic E-state index is 12.5. The summed E-state index contributed by atoms with van der Waals surface area (Å²) >= 11 is 0. The van der Waals surface area contributed by atoms with Crippen molar-refractivity contribution in [3.8, 4) is 0 Å². The zero-order chi connectivity index (χ0) is 17.0. The van der Waals surface area contributed by atoms with E-state index in [9.17, 15) is 22.8 Å². The number of hydrogen-bond acceptors (Lipinski definition) is 3. The largest absolute Gasteiger partial charge is 0.416 e. The number of rotatable bonds is 3. The Labute approximate surface area is 132 Å². The van der Waals surface area contributed by atoms with Crippen LogP contribution >= 0.6 is 0 Å². The number of hydrogen-bond donors (Lipinski definition) is 1. The van der Waals surface area contributed by atoms with Crippen LogP contribution in [-0.2, 0) is 11.0 Å². The van der Waals surface area contributed by atoms with Crippen molar-refractivity contribution in [3.05, 3.63) is 35.4 Å². The Morgan fingerprint density at radius 3 is 2.26 bits per heavy atom. The number of benzene rings is 1. The second-order valence-corrected chi connectivity index (χ2v) is 5.37. The molecule has 1 aliphatic heterocycles. The Hall–Kier alpha value is -2.09. The number of piperazine rings is 1. The summed E-state index contributed by atoms with van der Waals surface area (Å²) in [6, 6.07) is 3.96. The molecule has 8 heteroatoms. The van der Waals surface area contributed by atoms with Gasteiger partial charge in [-0.05, 0) is 24.3 Å². The third-order valence-corrected chi connectivity index (χ3v) is 3.65. The van der Waals surface area contributed by atoms with Gasteiger partial charge in [-0.25, -0.2) is 0 Å². The minimum Gasteiger partial charge on any atom is -0.339 e. The van der Waals surface area contributed by atoms with Gasteiger partial charge in [0.1, 0.15) is 0 Å². The summed E-state index contributed by atoms with van der Waals surface area (Å²) in [5, 5.41) is 3.12. The number of nitrogens with zero attached hydrogens (tertiary/aromatic N) is 2. The van der Waals surface area contributed by atoms with Crippen molar-refractivity contribution in [3.63, 3.8) is 0 Å². The van der Waals surface area contributed by atoms with Crippen LogP contribution in [0.1, 0.15) is 15.9 Å². The second-order valence-electron chi connectivity index (χ2n) is 5.37. The van der Waals surface area contributed by atoms with Gasteiger partial charge >= 0.3 is 6.18 Å². The van der Waals surface area contributed by atoms with Crippen LogP contribution in [0.4, 0.5) is 13.2 Å². The van der Waals surface area contributed by atoms with Gasteiger partial charge in [0, 0.05) is 38.8 Å². The molecule has 2 rings (SSSR count). The lowest BCUT2D eigenvalue weighted by molar-refractivity contribution is -0.137. The Bertz CT molecular complexity index is 566. The second kappa shape index (κ2) is 6.99. The minimum atomic E-state index is -4.44. The summed E-state index contributed by atoms with van der Waals surface area (Å²) in [7, 11) is 1.46. The number of carbonyl (C=O) groups is 2. The molecule has 0 bridgehead atoms. The van der Waals surface area contributed by atoms with Crippen molar-refractivity contribution in [2.45, 2.75) is 6.18 Å². The number of amides is 2. The topological polar surface area (TPSA) is 52.7 Å². The lowest BCUT2D eigenvalue weighted by Crippen LogP contribution is -2.49. The Balaban J connectivity index is 1.97. The summed E-state index contributed by atoms with van der Waals surface area (Å²) in [6.07, 6.45) is -4.44. The molecule has 1 aliphatic rings. The van der Waals surface area contributed by atoms with Gasteiger partial charge in [0.15, 0.2) is 0 Å². The van der Waals surface area contributed by atoms with Crippen LogP contribution < -0.4 is 5.32 Å². The molecule has 0 aliphatic carbocycles. The van der Waals surface area contributed by atoms with E-state index in [0.29, 0.717) is 26.2 Å². The quantitative estimate of drug-likeness (QED) is 0.907. The molecule has 1 saturated heterocycles. The minimum absolute atomic E-state index is 0.0974. The van der Waals surface area contributed by atoms with E-state index in [1.807, 2.05) is 0 Å². The van der Waals surface area contributed by atoms with E-state index in [1.165, 1.54) is 11.9 Å². The van der Waals surface area contributed by atoms with Crippen molar-refractivity contribution in [1.82, 2.24) is 15.1 Å². The van der Waals surface area contributed by atoms with Crippen molar-refractivity contribution in [2.24, 2.45) is 0 Å². The zero-order valence-corrected chi connectivity index (χ0v) is 12.7. The average molecular weight is 329 g/mol. The molecule has 0 atom stereocenters. The molecular formula is C15H18F3N3O2. The summed E-state index contributed by atoms with van der Waals surface area (Å²) < 4.78 is 37.5. The number of nitrogens with one attached hydrogen (secondary N) is 1. The van der Waals surface area contributed by atoms with Crippen LogP contribution in [0.25, 0.3) is 0 Å². The summed E-state index contributed by atoms with van der Waals surface area (Å²) in [5.74, 6) is -0.656. The molecule has 1 heterocycles. The fraction of sp³-hybridized carbons (Fsp3) is 0.467. The Morgan fingerprint density at radius 1 is 1.17 bits per heavy atom. The molecule has 1 fully saturated rings. The van der Waals surface area contributed by atoms with Gasteiger partial charge < -0.3 is 15.1 Å². The van der Waals surface area contributed by atoms with Crippen LogP contribution in [0.15, 0.2) is 24.3 Å². The van der Waals surface area contributed by atoms with Crippen LogP contribution in [-0.4, -0.2) is 61.4 Å². The van der Waals surface area contributed by atoms with Crippen LogP contribution in [0.2, 0.25) is 0 Å². The molecule has 0 spiro atoms. The van der Waals surface area contributed by atoms with E-state index in [4.69, 9.17) is 0 Å². The van der Waals surface area contributed by atoms with Gasteiger partial charge in [-0.3, -0.25) is 9.59 Å². The summed E-state index contributed by atoms with van der Waals surface area (Å²) in [5.41, 5.74) is -0.692. The average Bonchev–Trinajstić information content (AvgIpc) is 2.54. The third kappa shape index (κ3) is 4.44. The standard InChI is InChI=1S/C15H18F3N3O2/c1-20(10-13(22)21-8-6-19-7-9-21)14(23)11-2-4-12(5-3-11)15(16,17)18/h2-5,19H,6-10H2,1H3. The molecule has 5 nitrogen and oxygen atoms in total. The van der Waals surface area contributed by atoms with Gasteiger partial charge in [0.2, 0.25) is 5.91 Å². The Morgan fingerprint density at radius 2 is 1.74 bits per heavy atom.